The molecule has 1 aromatic heterocycles. The van der Waals surface area contributed by atoms with E-state index < -0.39 is 0 Å². The second-order valence-corrected chi connectivity index (χ2v) is 9.49. The Bertz CT molecular complexity index is 1090. The molecule has 2 heterocycles. The van der Waals surface area contributed by atoms with Crippen LogP contribution in [0.25, 0.3) is 0 Å². The first kappa shape index (κ1) is 23.4. The Morgan fingerprint density at radius 3 is 2.67 bits per heavy atom. The van der Waals surface area contributed by atoms with Gasteiger partial charge in [0, 0.05) is 46.8 Å². The van der Waals surface area contributed by atoms with E-state index in [1.54, 1.807) is 11.8 Å². The molecule has 9 heteroatoms. The molecule has 0 spiro atoms. The molecule has 3 aromatic rings. The van der Waals surface area contributed by atoms with Crippen LogP contribution in [0.3, 0.4) is 0 Å². The van der Waals surface area contributed by atoms with Crippen LogP contribution in [0.4, 0.5) is 23.0 Å². The summed E-state index contributed by atoms with van der Waals surface area (Å²) in [4.78, 5) is 24.4. The highest BCUT2D eigenvalue weighted by Gasteiger charge is 2.12. The maximum absolute atomic E-state index is 11.9. The summed E-state index contributed by atoms with van der Waals surface area (Å²) < 4.78 is 5.43. The second kappa shape index (κ2) is 11.4. The highest BCUT2D eigenvalue weighted by atomic mass is 32.2. The smallest absolute Gasteiger partial charge is 0.234 e. The van der Waals surface area contributed by atoms with Crippen LogP contribution in [0.5, 0.6) is 0 Å². The van der Waals surface area contributed by atoms with E-state index in [1.807, 2.05) is 55.8 Å². The molecule has 0 aliphatic carbocycles. The van der Waals surface area contributed by atoms with Crippen molar-refractivity contribution in [2.45, 2.75) is 16.8 Å². The van der Waals surface area contributed by atoms with E-state index in [0.29, 0.717) is 11.7 Å². The molecule has 1 aliphatic rings. The van der Waals surface area contributed by atoms with Crippen LogP contribution in [0, 0.1) is 6.92 Å². The van der Waals surface area contributed by atoms with Crippen molar-refractivity contribution in [3.63, 3.8) is 0 Å². The number of amides is 1. The topological polar surface area (TPSA) is 79.4 Å². The van der Waals surface area contributed by atoms with Crippen molar-refractivity contribution < 1.29 is 9.53 Å². The van der Waals surface area contributed by atoms with Gasteiger partial charge < -0.3 is 20.3 Å². The number of nitrogens with zero attached hydrogens (tertiary/aromatic N) is 3. The van der Waals surface area contributed by atoms with Crippen LogP contribution < -0.4 is 15.5 Å². The molecule has 0 bridgehead atoms. The van der Waals surface area contributed by atoms with Crippen molar-refractivity contribution in [2.24, 2.45) is 0 Å². The molecule has 1 saturated heterocycles. The van der Waals surface area contributed by atoms with Gasteiger partial charge in [-0.2, -0.15) is 11.8 Å². The first-order valence-corrected chi connectivity index (χ1v) is 12.9. The lowest BCUT2D eigenvalue weighted by Gasteiger charge is -2.28. The molecular formula is C24H27N5O2S2. The van der Waals surface area contributed by atoms with Crippen molar-refractivity contribution in [1.29, 1.82) is 0 Å². The molecule has 1 fully saturated rings. The van der Waals surface area contributed by atoms with E-state index in [1.165, 1.54) is 17.4 Å². The molecule has 1 amide bonds. The van der Waals surface area contributed by atoms with Crippen molar-refractivity contribution >= 4 is 52.4 Å². The molecule has 0 unspecified atom stereocenters. The van der Waals surface area contributed by atoms with Gasteiger partial charge in [-0.3, -0.25) is 4.79 Å². The van der Waals surface area contributed by atoms with Gasteiger partial charge >= 0.3 is 0 Å². The molecule has 33 heavy (non-hydrogen) atoms. The maximum atomic E-state index is 11.9. The summed E-state index contributed by atoms with van der Waals surface area (Å²) in [7, 11) is 0. The van der Waals surface area contributed by atoms with Crippen LogP contribution in [-0.4, -0.2) is 54.2 Å². The standard InChI is InChI=1S/C24H27N5O2S2/c1-17-15-25-24(27-18-6-8-20(9-7-18)29-10-12-31-13-11-29)28-23(17)33-21-5-3-4-19(14-21)26-22(30)16-32-2/h3-9,14-15H,10-13,16H2,1-2H3,(H,26,30)(H,25,27,28). The van der Waals surface area contributed by atoms with Crippen molar-refractivity contribution in [3.05, 3.63) is 60.3 Å². The number of aromatic nitrogens is 2. The number of benzene rings is 2. The summed E-state index contributed by atoms with van der Waals surface area (Å²) in [6.07, 6.45) is 3.73. The molecule has 7 nitrogen and oxygen atoms in total. The number of thioether (sulfide) groups is 1. The number of morpholine rings is 1. The molecule has 2 aromatic carbocycles. The van der Waals surface area contributed by atoms with E-state index in [2.05, 4.69) is 32.7 Å². The first-order chi connectivity index (χ1) is 16.1. The van der Waals surface area contributed by atoms with Gasteiger partial charge in [-0.05, 0) is 55.6 Å². The summed E-state index contributed by atoms with van der Waals surface area (Å²) in [5.74, 6) is 0.978. The Morgan fingerprint density at radius 1 is 1.12 bits per heavy atom. The van der Waals surface area contributed by atoms with Crippen LogP contribution >= 0.6 is 23.5 Å². The van der Waals surface area contributed by atoms with E-state index in [9.17, 15) is 4.79 Å². The van der Waals surface area contributed by atoms with Gasteiger partial charge in [-0.15, -0.1) is 0 Å². The zero-order valence-electron chi connectivity index (χ0n) is 18.7. The number of ether oxygens (including phenoxy) is 1. The van der Waals surface area contributed by atoms with Crippen LogP contribution in [0.1, 0.15) is 5.56 Å². The number of carbonyl (C=O) groups excluding carboxylic acids is 1. The van der Waals surface area contributed by atoms with Crippen molar-refractivity contribution in [2.75, 3.05) is 53.8 Å². The van der Waals surface area contributed by atoms with Crippen LogP contribution in [0.15, 0.2) is 64.6 Å². The average Bonchev–Trinajstić information content (AvgIpc) is 2.83. The van der Waals surface area contributed by atoms with Crippen molar-refractivity contribution in [1.82, 2.24) is 9.97 Å². The zero-order chi connectivity index (χ0) is 23.0. The fourth-order valence-electron chi connectivity index (χ4n) is 3.37. The van der Waals surface area contributed by atoms with Gasteiger partial charge in [0.15, 0.2) is 0 Å². The van der Waals surface area contributed by atoms with Gasteiger partial charge in [-0.1, -0.05) is 17.8 Å². The quantitative estimate of drug-likeness (QED) is 0.444. The number of carbonyl (C=O) groups is 1. The number of hydrogen-bond acceptors (Lipinski definition) is 8. The molecular weight excluding hydrogens is 454 g/mol. The van der Waals surface area contributed by atoms with Crippen LogP contribution in [0.2, 0.25) is 0 Å². The summed E-state index contributed by atoms with van der Waals surface area (Å²) in [6, 6.07) is 16.1. The SMILES string of the molecule is CSCC(=O)Nc1cccc(Sc2nc(Nc3ccc(N4CCOCC4)cc3)ncc2C)c1. The monoisotopic (exact) mass is 481 g/mol. The lowest BCUT2D eigenvalue weighted by Crippen LogP contribution is -2.36. The third-order valence-electron chi connectivity index (χ3n) is 5.03. The van der Waals surface area contributed by atoms with E-state index in [-0.39, 0.29) is 5.91 Å². The largest absolute Gasteiger partial charge is 0.378 e. The lowest BCUT2D eigenvalue weighted by atomic mass is 10.2. The first-order valence-electron chi connectivity index (χ1n) is 10.7. The number of nitrogens with one attached hydrogen (secondary N) is 2. The zero-order valence-corrected chi connectivity index (χ0v) is 20.3. The molecule has 172 valence electrons. The Morgan fingerprint density at radius 2 is 1.91 bits per heavy atom. The van der Waals surface area contributed by atoms with Crippen LogP contribution in [-0.2, 0) is 9.53 Å². The molecule has 2 N–H and O–H groups in total. The lowest BCUT2D eigenvalue weighted by molar-refractivity contribution is -0.113. The van der Waals surface area contributed by atoms with E-state index in [4.69, 9.17) is 9.72 Å². The second-order valence-electron chi connectivity index (χ2n) is 7.56. The molecule has 0 saturated carbocycles. The van der Waals surface area contributed by atoms with Gasteiger partial charge in [-0.25, -0.2) is 9.97 Å². The van der Waals surface area contributed by atoms with Gasteiger partial charge in [0.2, 0.25) is 11.9 Å². The number of aryl methyl sites for hydroxylation is 1. The van der Waals surface area contributed by atoms with Gasteiger partial charge in [0.1, 0.15) is 5.03 Å². The molecule has 1 aliphatic heterocycles. The minimum Gasteiger partial charge on any atom is -0.378 e. The Hall–Kier alpha value is -2.75. The molecule has 0 radical (unpaired) electrons. The highest BCUT2D eigenvalue weighted by molar-refractivity contribution is 7.99. The summed E-state index contributed by atoms with van der Waals surface area (Å²) >= 11 is 3.05. The summed E-state index contributed by atoms with van der Waals surface area (Å²) in [5.41, 5.74) is 3.90. The van der Waals surface area contributed by atoms with E-state index >= 15 is 0 Å². The third kappa shape index (κ3) is 6.63. The summed E-state index contributed by atoms with van der Waals surface area (Å²) in [5, 5.41) is 7.09. The Kier molecular flexibility index (Phi) is 8.09. The minimum atomic E-state index is -0.00556. The minimum absolute atomic E-state index is 0.00556. The van der Waals surface area contributed by atoms with E-state index in [0.717, 1.165) is 53.2 Å². The highest BCUT2D eigenvalue weighted by Crippen LogP contribution is 2.31. The fraction of sp³-hybridized carbons (Fsp3) is 0.292. The normalized spacial score (nSPS) is 13.6. The number of anilines is 4. The predicted octanol–water partition coefficient (Wildman–Crippen LogP) is 4.82. The Labute approximate surface area is 202 Å². The fourth-order valence-corrected chi connectivity index (χ4v) is 4.61. The molecule has 4 rings (SSSR count). The van der Waals surface area contributed by atoms with Gasteiger partial charge in [0.25, 0.3) is 0 Å². The predicted molar refractivity (Wildman–Crippen MR) is 137 cm³/mol. The van der Waals surface area contributed by atoms with Gasteiger partial charge in [0.05, 0.1) is 19.0 Å². The average molecular weight is 482 g/mol. The summed E-state index contributed by atoms with van der Waals surface area (Å²) in [6.45, 7) is 5.36. The molecule has 0 atom stereocenters. The number of hydrogen-bond donors (Lipinski definition) is 2. The third-order valence-corrected chi connectivity index (χ3v) is 6.68. The van der Waals surface area contributed by atoms with Crippen molar-refractivity contribution in [3.8, 4) is 0 Å². The number of rotatable bonds is 8. The maximum Gasteiger partial charge on any atom is 0.234 e. The Balaban J connectivity index is 1.43.